The molecule has 0 spiro atoms. The van der Waals surface area contributed by atoms with Crippen molar-refractivity contribution in [2.75, 3.05) is 6.54 Å². The summed E-state index contributed by atoms with van der Waals surface area (Å²) in [7, 11) is 0. The molecule has 0 radical (unpaired) electrons. The molecule has 4 rings (SSSR count). The summed E-state index contributed by atoms with van der Waals surface area (Å²) in [5.74, 6) is 2.59. The zero-order valence-corrected chi connectivity index (χ0v) is 19.2. The van der Waals surface area contributed by atoms with Crippen LogP contribution in [0.15, 0.2) is 34.3 Å². The van der Waals surface area contributed by atoms with Crippen molar-refractivity contribution in [3.63, 3.8) is 0 Å². The SMILES string of the molecule is Cc1cc(-c2cnc(C)nc2C2CCC(CNC(=O)C(C)Cc3cccs3)CC2)on1. The summed E-state index contributed by atoms with van der Waals surface area (Å²) in [5.41, 5.74) is 2.87. The van der Waals surface area contributed by atoms with Crippen LogP contribution in [0.25, 0.3) is 11.3 Å². The van der Waals surface area contributed by atoms with Gasteiger partial charge in [-0.25, -0.2) is 9.97 Å². The maximum Gasteiger partial charge on any atom is 0.223 e. The van der Waals surface area contributed by atoms with Crippen LogP contribution in [0.2, 0.25) is 0 Å². The Morgan fingerprint density at radius 3 is 2.77 bits per heavy atom. The van der Waals surface area contributed by atoms with Gasteiger partial charge in [0, 0.05) is 35.5 Å². The summed E-state index contributed by atoms with van der Waals surface area (Å²) in [6.07, 6.45) is 6.96. The summed E-state index contributed by atoms with van der Waals surface area (Å²) in [6, 6.07) is 6.08. The zero-order valence-electron chi connectivity index (χ0n) is 18.4. The molecule has 6 nitrogen and oxygen atoms in total. The second-order valence-electron chi connectivity index (χ2n) is 8.70. The Labute approximate surface area is 187 Å². The van der Waals surface area contributed by atoms with Crippen LogP contribution >= 0.6 is 11.3 Å². The highest BCUT2D eigenvalue weighted by atomic mass is 32.1. The predicted octanol–water partition coefficient (Wildman–Crippen LogP) is 5.08. The molecule has 1 unspecified atom stereocenters. The largest absolute Gasteiger partial charge is 0.356 e. The van der Waals surface area contributed by atoms with Crippen LogP contribution in [0.5, 0.6) is 0 Å². The number of rotatable bonds is 7. The normalized spacial score (nSPS) is 19.8. The molecular formula is C24H30N4O2S. The van der Waals surface area contributed by atoms with Crippen molar-refractivity contribution in [1.29, 1.82) is 0 Å². The Kier molecular flexibility index (Phi) is 6.80. The van der Waals surface area contributed by atoms with Gasteiger partial charge in [0.2, 0.25) is 5.91 Å². The van der Waals surface area contributed by atoms with E-state index in [4.69, 9.17) is 9.51 Å². The molecule has 164 valence electrons. The van der Waals surface area contributed by atoms with Crippen molar-refractivity contribution >= 4 is 17.2 Å². The predicted molar refractivity (Wildman–Crippen MR) is 122 cm³/mol. The van der Waals surface area contributed by atoms with Crippen molar-refractivity contribution in [1.82, 2.24) is 20.4 Å². The topological polar surface area (TPSA) is 80.9 Å². The summed E-state index contributed by atoms with van der Waals surface area (Å²) < 4.78 is 5.49. The van der Waals surface area contributed by atoms with Crippen molar-refractivity contribution in [3.8, 4) is 11.3 Å². The van der Waals surface area contributed by atoms with Crippen LogP contribution in [-0.2, 0) is 11.2 Å². The molecule has 0 bridgehead atoms. The molecule has 0 aliphatic heterocycles. The fourth-order valence-corrected chi connectivity index (χ4v) is 5.20. The van der Waals surface area contributed by atoms with Gasteiger partial charge in [-0.15, -0.1) is 11.3 Å². The van der Waals surface area contributed by atoms with E-state index in [-0.39, 0.29) is 11.8 Å². The molecule has 1 N–H and O–H groups in total. The van der Waals surface area contributed by atoms with Crippen molar-refractivity contribution < 1.29 is 9.32 Å². The highest BCUT2D eigenvalue weighted by Gasteiger charge is 2.27. The first-order valence-corrected chi connectivity index (χ1v) is 11.9. The van der Waals surface area contributed by atoms with Crippen LogP contribution in [0, 0.1) is 25.7 Å². The summed E-state index contributed by atoms with van der Waals surface area (Å²) in [5, 5.41) is 9.27. The van der Waals surface area contributed by atoms with E-state index in [2.05, 4.69) is 26.9 Å². The third kappa shape index (κ3) is 5.39. The van der Waals surface area contributed by atoms with E-state index in [1.165, 1.54) is 4.88 Å². The van der Waals surface area contributed by atoms with E-state index >= 15 is 0 Å². The Morgan fingerprint density at radius 2 is 2.10 bits per heavy atom. The minimum atomic E-state index is 0.00639. The number of carbonyl (C=O) groups is 1. The van der Waals surface area contributed by atoms with Crippen molar-refractivity contribution in [2.24, 2.45) is 11.8 Å². The smallest absolute Gasteiger partial charge is 0.223 e. The van der Waals surface area contributed by atoms with Gasteiger partial charge in [0.25, 0.3) is 0 Å². The van der Waals surface area contributed by atoms with Gasteiger partial charge < -0.3 is 9.84 Å². The van der Waals surface area contributed by atoms with Gasteiger partial charge in [-0.3, -0.25) is 4.79 Å². The van der Waals surface area contributed by atoms with Gasteiger partial charge >= 0.3 is 0 Å². The first kappa shape index (κ1) is 21.7. The fourth-order valence-electron chi connectivity index (χ4n) is 4.36. The third-order valence-corrected chi connectivity index (χ3v) is 7.06. The highest BCUT2D eigenvalue weighted by molar-refractivity contribution is 7.09. The summed E-state index contributed by atoms with van der Waals surface area (Å²) in [6.45, 7) is 6.62. The molecule has 3 aromatic rings. The number of nitrogens with one attached hydrogen (secondary N) is 1. The molecule has 3 aromatic heterocycles. The summed E-state index contributed by atoms with van der Waals surface area (Å²) >= 11 is 1.71. The monoisotopic (exact) mass is 438 g/mol. The third-order valence-electron chi connectivity index (χ3n) is 6.17. The number of nitrogens with zero attached hydrogens (tertiary/aromatic N) is 3. The lowest BCUT2D eigenvalue weighted by Gasteiger charge is -2.29. The number of amides is 1. The average Bonchev–Trinajstić information content (AvgIpc) is 3.44. The number of hydrogen-bond acceptors (Lipinski definition) is 6. The fraction of sp³-hybridized carbons (Fsp3) is 0.500. The Morgan fingerprint density at radius 1 is 1.29 bits per heavy atom. The van der Waals surface area contributed by atoms with E-state index in [9.17, 15) is 4.79 Å². The van der Waals surface area contributed by atoms with E-state index < -0.39 is 0 Å². The minimum Gasteiger partial charge on any atom is -0.356 e. The van der Waals surface area contributed by atoms with Crippen molar-refractivity contribution in [3.05, 3.63) is 51.9 Å². The first-order valence-electron chi connectivity index (χ1n) is 11.1. The van der Waals surface area contributed by atoms with Gasteiger partial charge in [0.05, 0.1) is 17.0 Å². The maximum atomic E-state index is 12.5. The van der Waals surface area contributed by atoms with Crippen LogP contribution in [0.4, 0.5) is 0 Å². The van der Waals surface area contributed by atoms with Gasteiger partial charge in [-0.2, -0.15) is 0 Å². The molecule has 0 saturated heterocycles. The Bertz CT molecular complexity index is 1010. The van der Waals surface area contributed by atoms with E-state index in [0.29, 0.717) is 11.8 Å². The molecule has 7 heteroatoms. The maximum absolute atomic E-state index is 12.5. The van der Waals surface area contributed by atoms with Crippen LogP contribution in [-0.4, -0.2) is 27.6 Å². The average molecular weight is 439 g/mol. The van der Waals surface area contributed by atoms with Crippen LogP contribution in [0.3, 0.4) is 0 Å². The molecule has 3 heterocycles. The standard InChI is InChI=1S/C24H30N4O2S/c1-15(11-20-5-4-10-31-20)24(29)26-13-18-6-8-19(9-7-18)23-21(14-25-17(3)27-23)22-12-16(2)28-30-22/h4-5,10,12,14-15,18-19H,6-9,11,13H2,1-3H3,(H,26,29). The molecule has 1 atom stereocenters. The minimum absolute atomic E-state index is 0.00639. The second-order valence-corrected chi connectivity index (χ2v) is 9.73. The second kappa shape index (κ2) is 9.73. The zero-order chi connectivity index (χ0) is 21.8. The van der Waals surface area contributed by atoms with Crippen LogP contribution < -0.4 is 5.32 Å². The van der Waals surface area contributed by atoms with E-state index in [0.717, 1.165) is 67.2 Å². The van der Waals surface area contributed by atoms with Gasteiger partial charge in [-0.1, -0.05) is 18.1 Å². The Balaban J connectivity index is 1.32. The quantitative estimate of drug-likeness (QED) is 0.556. The lowest BCUT2D eigenvalue weighted by Crippen LogP contribution is -2.35. The van der Waals surface area contributed by atoms with Gasteiger partial charge in [0.15, 0.2) is 5.76 Å². The van der Waals surface area contributed by atoms with E-state index in [1.54, 1.807) is 11.3 Å². The summed E-state index contributed by atoms with van der Waals surface area (Å²) in [4.78, 5) is 22.9. The molecule has 1 aliphatic rings. The molecule has 1 saturated carbocycles. The lowest BCUT2D eigenvalue weighted by atomic mass is 9.79. The van der Waals surface area contributed by atoms with Crippen molar-refractivity contribution in [2.45, 2.75) is 58.8 Å². The number of aryl methyl sites for hydroxylation is 2. The lowest BCUT2D eigenvalue weighted by molar-refractivity contribution is -0.124. The van der Waals surface area contributed by atoms with Gasteiger partial charge in [0.1, 0.15) is 5.82 Å². The number of thiophene rings is 1. The molecule has 1 fully saturated rings. The first-order chi connectivity index (χ1) is 15.0. The number of hydrogen-bond donors (Lipinski definition) is 1. The van der Waals surface area contributed by atoms with Gasteiger partial charge in [-0.05, 0) is 63.3 Å². The molecule has 1 aliphatic carbocycles. The molecule has 1 amide bonds. The Hall–Kier alpha value is -2.54. The molecular weight excluding hydrogens is 408 g/mol. The number of aromatic nitrogens is 3. The van der Waals surface area contributed by atoms with Crippen LogP contribution in [0.1, 0.15) is 60.6 Å². The highest BCUT2D eigenvalue weighted by Crippen LogP contribution is 2.38. The molecule has 0 aromatic carbocycles. The number of carbonyl (C=O) groups excluding carboxylic acids is 1. The molecule has 31 heavy (non-hydrogen) atoms. The van der Waals surface area contributed by atoms with E-state index in [1.807, 2.05) is 39.1 Å².